The molecule has 34 heavy (non-hydrogen) atoms. The number of hydrogen-bond donors (Lipinski definition) is 1. The van der Waals surface area contributed by atoms with Gasteiger partial charge in [0.15, 0.2) is 11.5 Å². The molecule has 1 fully saturated rings. The summed E-state index contributed by atoms with van der Waals surface area (Å²) in [7, 11) is 5.77. The number of imidazole rings is 1. The lowest BCUT2D eigenvalue weighted by molar-refractivity contribution is -0.125. The number of likely N-dealkylation sites (N-methyl/N-ethyl adjacent to an activating group) is 1. The molecule has 1 aromatic carbocycles. The number of carbonyl (C=O) groups excluding carboxylic acids is 1. The number of likely N-dealkylation sites (tertiary alicyclic amines) is 1. The van der Waals surface area contributed by atoms with Gasteiger partial charge in [-0.05, 0) is 37.7 Å². The fourth-order valence-corrected chi connectivity index (χ4v) is 4.90. The average molecular weight is 467 g/mol. The van der Waals surface area contributed by atoms with Crippen LogP contribution in [0.3, 0.4) is 0 Å². The van der Waals surface area contributed by atoms with E-state index in [1.54, 1.807) is 18.1 Å². The van der Waals surface area contributed by atoms with Crippen LogP contribution in [0.25, 0.3) is 5.95 Å². The lowest BCUT2D eigenvalue weighted by atomic mass is 9.97. The molecule has 5 rings (SSSR count). The molecule has 2 atom stereocenters. The largest absolute Gasteiger partial charge is 0.454 e. The summed E-state index contributed by atoms with van der Waals surface area (Å²) in [6, 6.07) is 6.02. The van der Waals surface area contributed by atoms with Gasteiger partial charge >= 0.3 is 0 Å². The van der Waals surface area contributed by atoms with Crippen LogP contribution in [0, 0.1) is 5.92 Å². The summed E-state index contributed by atoms with van der Waals surface area (Å²) < 4.78 is 14.6. The summed E-state index contributed by atoms with van der Waals surface area (Å²) in [6.07, 6.45) is 5.77. The highest BCUT2D eigenvalue weighted by Crippen LogP contribution is 2.38. The maximum absolute atomic E-state index is 12.7. The Kier molecular flexibility index (Phi) is 6.20. The summed E-state index contributed by atoms with van der Waals surface area (Å²) in [5.74, 6) is 2.20. The van der Waals surface area contributed by atoms with Crippen molar-refractivity contribution in [2.75, 3.05) is 40.5 Å². The molecule has 0 radical (unpaired) electrons. The first-order valence-corrected chi connectivity index (χ1v) is 11.4. The normalized spacial score (nSPS) is 19.8. The SMILES string of the molecule is CNC(=O)C1CCN(CCN(C)Cc2ccc3c(c2)OCO3)C1c1cnc(-n2cncn2)n1C. The van der Waals surface area contributed by atoms with Gasteiger partial charge in [0.05, 0.1) is 23.9 Å². The summed E-state index contributed by atoms with van der Waals surface area (Å²) in [5, 5.41) is 7.05. The molecule has 180 valence electrons. The van der Waals surface area contributed by atoms with Gasteiger partial charge in [0.1, 0.15) is 12.7 Å². The number of carbonyl (C=O) groups is 1. The van der Waals surface area contributed by atoms with E-state index in [1.165, 1.54) is 11.9 Å². The van der Waals surface area contributed by atoms with E-state index in [9.17, 15) is 4.79 Å². The topological polar surface area (TPSA) is 103 Å². The third-order valence-corrected chi connectivity index (χ3v) is 6.67. The number of rotatable bonds is 8. The maximum atomic E-state index is 12.7. The van der Waals surface area contributed by atoms with Crippen LogP contribution in [0.2, 0.25) is 0 Å². The Hall–Kier alpha value is -3.44. The number of fused-ring (bicyclic) bond motifs is 1. The average Bonchev–Trinajstić information content (AvgIpc) is 3.63. The van der Waals surface area contributed by atoms with E-state index in [-0.39, 0.29) is 24.7 Å². The van der Waals surface area contributed by atoms with Gasteiger partial charge < -0.3 is 24.3 Å². The summed E-state index contributed by atoms with van der Waals surface area (Å²) >= 11 is 0. The van der Waals surface area contributed by atoms with E-state index in [0.717, 1.165) is 49.8 Å². The van der Waals surface area contributed by atoms with Crippen molar-refractivity contribution in [1.29, 1.82) is 0 Å². The molecule has 4 heterocycles. The van der Waals surface area contributed by atoms with Crippen molar-refractivity contribution in [2.24, 2.45) is 13.0 Å². The zero-order valence-corrected chi connectivity index (χ0v) is 19.7. The van der Waals surface area contributed by atoms with E-state index in [1.807, 2.05) is 29.9 Å². The van der Waals surface area contributed by atoms with Crippen LogP contribution >= 0.6 is 0 Å². The first-order valence-electron chi connectivity index (χ1n) is 11.4. The number of aromatic nitrogens is 5. The predicted molar refractivity (Wildman–Crippen MR) is 124 cm³/mol. The van der Waals surface area contributed by atoms with Crippen molar-refractivity contribution in [3.05, 3.63) is 48.3 Å². The third kappa shape index (κ3) is 4.24. The Bertz CT molecular complexity index is 1150. The minimum absolute atomic E-state index is 0.0599. The Balaban J connectivity index is 1.30. The van der Waals surface area contributed by atoms with Gasteiger partial charge in [0.25, 0.3) is 0 Å². The molecule has 0 spiro atoms. The van der Waals surface area contributed by atoms with Crippen LogP contribution in [0.15, 0.2) is 37.1 Å². The highest BCUT2D eigenvalue weighted by molar-refractivity contribution is 5.79. The van der Waals surface area contributed by atoms with Gasteiger partial charge in [0.2, 0.25) is 18.6 Å². The van der Waals surface area contributed by atoms with E-state index in [4.69, 9.17) is 9.47 Å². The fraction of sp³-hybridized carbons (Fsp3) is 0.478. The lowest BCUT2D eigenvalue weighted by Crippen LogP contribution is -2.37. The molecule has 3 aromatic rings. The highest BCUT2D eigenvalue weighted by Gasteiger charge is 2.41. The molecular formula is C23H30N8O3. The highest BCUT2D eigenvalue weighted by atomic mass is 16.7. The number of benzene rings is 1. The summed E-state index contributed by atoms with van der Waals surface area (Å²) in [5.41, 5.74) is 2.17. The standard InChI is InChI=1S/C23H30N8O3/c1-24-22(32)17-6-7-30(21(17)18-11-26-23(29(18)3)31-14-25-13-27-31)9-8-28(2)12-16-4-5-19-20(10-16)34-15-33-19/h4-5,10-11,13-14,17,21H,6-9,12,15H2,1-3H3,(H,24,32). The van der Waals surface area contributed by atoms with Gasteiger partial charge in [-0.2, -0.15) is 9.78 Å². The van der Waals surface area contributed by atoms with Crippen LogP contribution in [0.1, 0.15) is 23.7 Å². The molecule has 1 amide bonds. The molecule has 0 bridgehead atoms. The molecule has 11 nitrogen and oxygen atoms in total. The van der Waals surface area contributed by atoms with Gasteiger partial charge in [-0.3, -0.25) is 9.69 Å². The quantitative estimate of drug-likeness (QED) is 0.524. The Morgan fingerprint density at radius 1 is 1.29 bits per heavy atom. The number of nitrogens with zero attached hydrogens (tertiary/aromatic N) is 7. The Labute approximate surface area is 198 Å². The van der Waals surface area contributed by atoms with E-state index in [0.29, 0.717) is 5.95 Å². The molecule has 2 aromatic heterocycles. The van der Waals surface area contributed by atoms with Crippen molar-refractivity contribution in [3.8, 4) is 17.4 Å². The lowest BCUT2D eigenvalue weighted by Gasteiger charge is -2.29. The zero-order valence-electron chi connectivity index (χ0n) is 19.7. The smallest absolute Gasteiger partial charge is 0.232 e. The van der Waals surface area contributed by atoms with E-state index < -0.39 is 0 Å². The van der Waals surface area contributed by atoms with Crippen LogP contribution in [-0.2, 0) is 18.4 Å². The first-order chi connectivity index (χ1) is 16.5. The number of hydrogen-bond acceptors (Lipinski definition) is 8. The van der Waals surface area contributed by atoms with E-state index >= 15 is 0 Å². The molecule has 2 aliphatic rings. The van der Waals surface area contributed by atoms with Crippen LogP contribution in [-0.4, -0.2) is 80.5 Å². The zero-order chi connectivity index (χ0) is 23.7. The molecule has 11 heteroatoms. The molecular weight excluding hydrogens is 436 g/mol. The molecule has 1 N–H and O–H groups in total. The minimum atomic E-state index is -0.136. The second-order valence-corrected chi connectivity index (χ2v) is 8.80. The van der Waals surface area contributed by atoms with Crippen molar-refractivity contribution in [1.82, 2.24) is 39.4 Å². The van der Waals surface area contributed by atoms with Crippen molar-refractivity contribution >= 4 is 5.91 Å². The van der Waals surface area contributed by atoms with Gasteiger partial charge in [-0.15, -0.1) is 0 Å². The van der Waals surface area contributed by atoms with Crippen LogP contribution < -0.4 is 14.8 Å². The molecule has 0 aliphatic carbocycles. The van der Waals surface area contributed by atoms with Crippen molar-refractivity contribution in [2.45, 2.75) is 19.0 Å². The van der Waals surface area contributed by atoms with Crippen LogP contribution in [0.4, 0.5) is 0 Å². The molecule has 2 unspecified atom stereocenters. The van der Waals surface area contributed by atoms with Crippen LogP contribution in [0.5, 0.6) is 11.5 Å². The summed E-state index contributed by atoms with van der Waals surface area (Å²) in [6.45, 7) is 3.63. The number of nitrogens with one attached hydrogen (secondary N) is 1. The fourth-order valence-electron chi connectivity index (χ4n) is 4.90. The predicted octanol–water partition coefficient (Wildman–Crippen LogP) is 0.971. The van der Waals surface area contributed by atoms with Gasteiger partial charge in [-0.25, -0.2) is 9.97 Å². The van der Waals surface area contributed by atoms with Gasteiger partial charge in [0, 0.05) is 33.7 Å². The second-order valence-electron chi connectivity index (χ2n) is 8.80. The second kappa shape index (κ2) is 9.43. The third-order valence-electron chi connectivity index (χ3n) is 6.67. The molecule has 2 aliphatic heterocycles. The summed E-state index contributed by atoms with van der Waals surface area (Å²) in [4.78, 5) is 26.0. The van der Waals surface area contributed by atoms with Crippen molar-refractivity contribution in [3.63, 3.8) is 0 Å². The molecule has 0 saturated carbocycles. The Morgan fingerprint density at radius 3 is 2.94 bits per heavy atom. The van der Waals surface area contributed by atoms with E-state index in [2.05, 4.69) is 43.3 Å². The molecule has 1 saturated heterocycles. The number of ether oxygens (including phenoxy) is 2. The first kappa shape index (κ1) is 22.4. The monoisotopic (exact) mass is 466 g/mol. The number of amides is 1. The van der Waals surface area contributed by atoms with Gasteiger partial charge in [-0.1, -0.05) is 6.07 Å². The minimum Gasteiger partial charge on any atom is -0.454 e. The maximum Gasteiger partial charge on any atom is 0.232 e. The Morgan fingerprint density at radius 2 is 2.15 bits per heavy atom. The van der Waals surface area contributed by atoms with Crippen molar-refractivity contribution < 1.29 is 14.3 Å².